The largest absolute Gasteiger partial charge is 0.497 e. The summed E-state index contributed by atoms with van der Waals surface area (Å²) >= 11 is 0. The van der Waals surface area contributed by atoms with E-state index >= 15 is 0 Å². The van der Waals surface area contributed by atoms with Crippen molar-refractivity contribution in [3.63, 3.8) is 0 Å². The van der Waals surface area contributed by atoms with Gasteiger partial charge in [-0.1, -0.05) is 12.1 Å². The number of halogens is 1. The molecule has 0 saturated heterocycles. The van der Waals surface area contributed by atoms with Crippen LogP contribution in [-0.2, 0) is 0 Å². The number of carbonyl (C=O) groups excluding carboxylic acids is 1. The van der Waals surface area contributed by atoms with Crippen LogP contribution >= 0.6 is 0 Å². The standard InChI is InChI=1S/C19H17FN4O2/c1-12-21-17(19(25)24-16-6-4-3-5-15(16)20)11-18(22-12)23-13-7-9-14(26-2)10-8-13/h3-11H,1-2H3,(H,24,25)(H,21,22,23). The lowest BCUT2D eigenvalue weighted by molar-refractivity contribution is 0.102. The number of aryl methyl sites for hydroxylation is 1. The van der Waals surface area contributed by atoms with Crippen molar-refractivity contribution >= 4 is 23.1 Å². The Morgan fingerprint density at radius 2 is 1.81 bits per heavy atom. The zero-order valence-corrected chi connectivity index (χ0v) is 14.3. The molecule has 0 unspecified atom stereocenters. The monoisotopic (exact) mass is 352 g/mol. The molecule has 1 amide bonds. The molecule has 0 spiro atoms. The highest BCUT2D eigenvalue weighted by molar-refractivity contribution is 6.03. The fourth-order valence-electron chi connectivity index (χ4n) is 2.32. The van der Waals surface area contributed by atoms with Gasteiger partial charge in [0.25, 0.3) is 5.91 Å². The summed E-state index contributed by atoms with van der Waals surface area (Å²) in [6.07, 6.45) is 0. The molecule has 1 heterocycles. The summed E-state index contributed by atoms with van der Waals surface area (Å²) in [5.74, 6) is 0.588. The Morgan fingerprint density at radius 3 is 2.50 bits per heavy atom. The van der Waals surface area contributed by atoms with Crippen LogP contribution in [0.25, 0.3) is 0 Å². The first-order valence-electron chi connectivity index (χ1n) is 7.88. The van der Waals surface area contributed by atoms with Crippen LogP contribution in [0.1, 0.15) is 16.3 Å². The molecule has 6 nitrogen and oxygen atoms in total. The quantitative estimate of drug-likeness (QED) is 0.728. The topological polar surface area (TPSA) is 76.1 Å². The van der Waals surface area contributed by atoms with Crippen LogP contribution in [0, 0.1) is 12.7 Å². The Labute approximate surface area is 150 Å². The van der Waals surface area contributed by atoms with Crippen molar-refractivity contribution in [2.24, 2.45) is 0 Å². The lowest BCUT2D eigenvalue weighted by Gasteiger charge is -2.10. The Balaban J connectivity index is 1.80. The van der Waals surface area contributed by atoms with E-state index < -0.39 is 11.7 Å². The second-order valence-electron chi connectivity index (χ2n) is 5.47. The molecule has 132 valence electrons. The van der Waals surface area contributed by atoms with Crippen molar-refractivity contribution in [3.05, 3.63) is 71.9 Å². The average Bonchev–Trinajstić information content (AvgIpc) is 2.64. The van der Waals surface area contributed by atoms with E-state index in [0.717, 1.165) is 11.4 Å². The van der Waals surface area contributed by atoms with Gasteiger partial charge >= 0.3 is 0 Å². The minimum Gasteiger partial charge on any atom is -0.497 e. The molecule has 0 bridgehead atoms. The first-order valence-corrected chi connectivity index (χ1v) is 7.88. The van der Waals surface area contributed by atoms with E-state index in [-0.39, 0.29) is 11.4 Å². The average molecular weight is 352 g/mol. The molecule has 0 aliphatic rings. The number of hydrogen-bond donors (Lipinski definition) is 2. The molecule has 0 aliphatic carbocycles. The fraction of sp³-hybridized carbons (Fsp3) is 0.105. The minimum atomic E-state index is -0.515. The van der Waals surface area contributed by atoms with E-state index in [2.05, 4.69) is 20.6 Å². The second-order valence-corrected chi connectivity index (χ2v) is 5.47. The third kappa shape index (κ3) is 4.13. The highest BCUT2D eigenvalue weighted by atomic mass is 19.1. The Hall–Kier alpha value is -3.48. The van der Waals surface area contributed by atoms with Gasteiger partial charge in [0.1, 0.15) is 28.9 Å². The van der Waals surface area contributed by atoms with Crippen LogP contribution in [-0.4, -0.2) is 23.0 Å². The van der Waals surface area contributed by atoms with Crippen molar-refractivity contribution in [1.82, 2.24) is 9.97 Å². The summed E-state index contributed by atoms with van der Waals surface area (Å²) in [6, 6.07) is 14.7. The highest BCUT2D eigenvalue weighted by Crippen LogP contribution is 2.20. The summed E-state index contributed by atoms with van der Waals surface area (Å²) in [6.45, 7) is 1.68. The van der Waals surface area contributed by atoms with Crippen LogP contribution in [0.2, 0.25) is 0 Å². The molecule has 0 saturated carbocycles. The Bertz CT molecular complexity index is 929. The molecule has 3 aromatic rings. The van der Waals surface area contributed by atoms with Gasteiger partial charge in [-0.25, -0.2) is 14.4 Å². The number of nitrogens with zero attached hydrogens (tertiary/aromatic N) is 2. The molecule has 0 fully saturated rings. The number of carbonyl (C=O) groups is 1. The number of nitrogens with one attached hydrogen (secondary N) is 2. The number of ether oxygens (including phenoxy) is 1. The maximum absolute atomic E-state index is 13.7. The molecule has 26 heavy (non-hydrogen) atoms. The molecule has 0 radical (unpaired) electrons. The molecular formula is C19H17FN4O2. The molecule has 2 N–H and O–H groups in total. The first-order chi connectivity index (χ1) is 12.5. The predicted octanol–water partition coefficient (Wildman–Crippen LogP) is 3.93. The van der Waals surface area contributed by atoms with Gasteiger partial charge in [0.2, 0.25) is 0 Å². The van der Waals surface area contributed by atoms with Gasteiger partial charge in [-0.15, -0.1) is 0 Å². The number of aromatic nitrogens is 2. The summed E-state index contributed by atoms with van der Waals surface area (Å²) in [7, 11) is 1.59. The van der Waals surface area contributed by atoms with Crippen molar-refractivity contribution in [3.8, 4) is 5.75 Å². The molecular weight excluding hydrogens is 335 g/mol. The number of methoxy groups -OCH3 is 1. The zero-order valence-electron chi connectivity index (χ0n) is 14.3. The third-order valence-electron chi connectivity index (χ3n) is 3.56. The van der Waals surface area contributed by atoms with Gasteiger partial charge in [-0.3, -0.25) is 4.79 Å². The van der Waals surface area contributed by atoms with Crippen LogP contribution < -0.4 is 15.4 Å². The molecule has 0 aliphatic heterocycles. The van der Waals surface area contributed by atoms with Gasteiger partial charge in [-0.2, -0.15) is 0 Å². The lowest BCUT2D eigenvalue weighted by atomic mass is 10.2. The van der Waals surface area contributed by atoms with Crippen LogP contribution in [0.15, 0.2) is 54.6 Å². The van der Waals surface area contributed by atoms with E-state index in [1.54, 1.807) is 26.2 Å². The molecule has 7 heteroatoms. The van der Waals surface area contributed by atoms with Gasteiger partial charge in [-0.05, 0) is 43.3 Å². The zero-order chi connectivity index (χ0) is 18.5. The van der Waals surface area contributed by atoms with Gasteiger partial charge in [0.15, 0.2) is 0 Å². The lowest BCUT2D eigenvalue weighted by Crippen LogP contribution is -2.16. The number of para-hydroxylation sites is 1. The van der Waals surface area contributed by atoms with E-state index in [0.29, 0.717) is 11.6 Å². The number of hydrogen-bond acceptors (Lipinski definition) is 5. The summed E-state index contributed by atoms with van der Waals surface area (Å²) in [4.78, 5) is 20.8. The second kappa shape index (κ2) is 7.60. The number of rotatable bonds is 5. The Kier molecular flexibility index (Phi) is 5.07. The van der Waals surface area contributed by atoms with Crippen molar-refractivity contribution in [2.75, 3.05) is 17.7 Å². The van der Waals surface area contributed by atoms with Crippen molar-refractivity contribution in [1.29, 1.82) is 0 Å². The summed E-state index contributed by atoms with van der Waals surface area (Å²) in [5, 5.41) is 5.62. The Morgan fingerprint density at radius 1 is 1.08 bits per heavy atom. The van der Waals surface area contributed by atoms with E-state index in [1.807, 2.05) is 24.3 Å². The van der Waals surface area contributed by atoms with Crippen LogP contribution in [0.4, 0.5) is 21.6 Å². The fourth-order valence-corrected chi connectivity index (χ4v) is 2.32. The SMILES string of the molecule is COc1ccc(Nc2cc(C(=O)Nc3ccccc3F)nc(C)n2)cc1. The molecule has 1 aromatic heterocycles. The van der Waals surface area contributed by atoms with Crippen molar-refractivity contribution < 1.29 is 13.9 Å². The minimum absolute atomic E-state index is 0.0958. The van der Waals surface area contributed by atoms with Crippen LogP contribution in [0.3, 0.4) is 0 Å². The smallest absolute Gasteiger partial charge is 0.274 e. The number of benzene rings is 2. The normalized spacial score (nSPS) is 10.3. The van der Waals surface area contributed by atoms with E-state index in [4.69, 9.17) is 4.74 Å². The maximum Gasteiger partial charge on any atom is 0.274 e. The van der Waals surface area contributed by atoms with Crippen LogP contribution in [0.5, 0.6) is 5.75 Å². The number of amides is 1. The maximum atomic E-state index is 13.7. The van der Waals surface area contributed by atoms with Gasteiger partial charge < -0.3 is 15.4 Å². The van der Waals surface area contributed by atoms with E-state index in [1.165, 1.54) is 18.2 Å². The first kappa shape index (κ1) is 17.3. The molecule has 0 atom stereocenters. The number of anilines is 3. The van der Waals surface area contributed by atoms with Gasteiger partial charge in [0.05, 0.1) is 12.8 Å². The molecule has 2 aromatic carbocycles. The predicted molar refractivity (Wildman–Crippen MR) is 97.4 cm³/mol. The highest BCUT2D eigenvalue weighted by Gasteiger charge is 2.13. The van der Waals surface area contributed by atoms with Gasteiger partial charge in [0, 0.05) is 11.8 Å². The summed E-state index contributed by atoms with van der Waals surface area (Å²) in [5.41, 5.74) is 1.01. The third-order valence-corrected chi connectivity index (χ3v) is 3.56. The van der Waals surface area contributed by atoms with E-state index in [9.17, 15) is 9.18 Å². The molecule has 3 rings (SSSR count). The summed E-state index contributed by atoms with van der Waals surface area (Å²) < 4.78 is 18.8. The van der Waals surface area contributed by atoms with Crippen molar-refractivity contribution in [2.45, 2.75) is 6.92 Å².